The number of nitrogens with one attached hydrogen (secondary N) is 2. The lowest BCUT2D eigenvalue weighted by Gasteiger charge is -2.16. The summed E-state index contributed by atoms with van der Waals surface area (Å²) in [7, 11) is 1.78. The van der Waals surface area contributed by atoms with E-state index in [1.807, 2.05) is 54.6 Å². The Hall–Kier alpha value is -2.72. The zero-order valence-corrected chi connectivity index (χ0v) is 12.3. The normalized spacial score (nSPS) is 12.0. The van der Waals surface area contributed by atoms with Crippen molar-refractivity contribution in [1.29, 1.82) is 0 Å². The van der Waals surface area contributed by atoms with Gasteiger partial charge in [0.15, 0.2) is 0 Å². The molecule has 1 heterocycles. The van der Waals surface area contributed by atoms with E-state index in [1.54, 1.807) is 19.4 Å². The Morgan fingerprint density at radius 2 is 1.86 bits per heavy atom. The molecular formula is C18H17N3O. The third-order valence-corrected chi connectivity index (χ3v) is 3.59. The van der Waals surface area contributed by atoms with Gasteiger partial charge >= 0.3 is 0 Å². The largest absolute Gasteiger partial charge is 0.324 e. The first-order valence-electron chi connectivity index (χ1n) is 7.15. The Morgan fingerprint density at radius 3 is 2.64 bits per heavy atom. The van der Waals surface area contributed by atoms with Crippen LogP contribution in [-0.4, -0.2) is 17.9 Å². The summed E-state index contributed by atoms with van der Waals surface area (Å²) in [5, 5.41) is 8.10. The highest BCUT2D eigenvalue weighted by molar-refractivity contribution is 5.97. The fourth-order valence-electron chi connectivity index (χ4n) is 2.47. The Kier molecular flexibility index (Phi) is 4.12. The second kappa shape index (κ2) is 6.37. The predicted octanol–water partition coefficient (Wildman–Crippen LogP) is 3.13. The topological polar surface area (TPSA) is 54.0 Å². The molecule has 1 aromatic heterocycles. The summed E-state index contributed by atoms with van der Waals surface area (Å²) >= 11 is 0. The van der Waals surface area contributed by atoms with Crippen LogP contribution < -0.4 is 10.6 Å². The summed E-state index contributed by atoms with van der Waals surface area (Å²) in [6.07, 6.45) is 3.55. The van der Waals surface area contributed by atoms with E-state index in [2.05, 4.69) is 15.6 Å². The van der Waals surface area contributed by atoms with Gasteiger partial charge in [-0.05, 0) is 36.2 Å². The summed E-state index contributed by atoms with van der Waals surface area (Å²) in [5.41, 5.74) is 1.70. The van der Waals surface area contributed by atoms with Gasteiger partial charge in [-0.15, -0.1) is 0 Å². The summed E-state index contributed by atoms with van der Waals surface area (Å²) < 4.78 is 0. The standard InChI is InChI=1S/C18H17N3O/c1-19-17(14-5-3-2-4-6-14)18(22)21-16-8-7-13-9-10-20-12-15(13)11-16/h2-12,17,19H,1H3,(H,21,22)/t17-/m1/s1. The number of benzene rings is 2. The van der Waals surface area contributed by atoms with Crippen molar-refractivity contribution < 1.29 is 4.79 Å². The quantitative estimate of drug-likeness (QED) is 0.776. The lowest BCUT2D eigenvalue weighted by atomic mass is 10.1. The van der Waals surface area contributed by atoms with Crippen LogP contribution in [0, 0.1) is 0 Å². The number of rotatable bonds is 4. The average molecular weight is 291 g/mol. The van der Waals surface area contributed by atoms with Crippen LogP contribution in [0.1, 0.15) is 11.6 Å². The second-order valence-electron chi connectivity index (χ2n) is 5.06. The molecule has 1 atom stereocenters. The van der Waals surface area contributed by atoms with Crippen molar-refractivity contribution in [3.8, 4) is 0 Å². The average Bonchev–Trinajstić information content (AvgIpc) is 2.56. The fourth-order valence-corrected chi connectivity index (χ4v) is 2.47. The molecule has 110 valence electrons. The van der Waals surface area contributed by atoms with Crippen molar-refractivity contribution in [1.82, 2.24) is 10.3 Å². The Bertz CT molecular complexity index is 786. The van der Waals surface area contributed by atoms with Crippen molar-refractivity contribution in [2.24, 2.45) is 0 Å². The molecule has 0 fully saturated rings. The van der Waals surface area contributed by atoms with Gasteiger partial charge in [0.1, 0.15) is 6.04 Å². The number of likely N-dealkylation sites (N-methyl/N-ethyl adjacent to an activating group) is 1. The number of carbonyl (C=O) groups excluding carboxylic acids is 1. The van der Waals surface area contributed by atoms with Crippen molar-refractivity contribution in [2.75, 3.05) is 12.4 Å². The van der Waals surface area contributed by atoms with E-state index in [0.717, 1.165) is 22.0 Å². The molecule has 4 heteroatoms. The maximum Gasteiger partial charge on any atom is 0.246 e. The van der Waals surface area contributed by atoms with Gasteiger partial charge in [-0.2, -0.15) is 0 Å². The number of hydrogen-bond acceptors (Lipinski definition) is 3. The molecule has 3 rings (SSSR count). The maximum absolute atomic E-state index is 12.5. The van der Waals surface area contributed by atoms with Gasteiger partial charge in [0, 0.05) is 23.5 Å². The van der Waals surface area contributed by atoms with E-state index >= 15 is 0 Å². The number of aromatic nitrogens is 1. The third kappa shape index (κ3) is 2.97. The summed E-state index contributed by atoms with van der Waals surface area (Å²) in [4.78, 5) is 16.6. The third-order valence-electron chi connectivity index (χ3n) is 3.59. The molecule has 0 radical (unpaired) electrons. The lowest BCUT2D eigenvalue weighted by Crippen LogP contribution is -2.30. The predicted molar refractivity (Wildman–Crippen MR) is 88.6 cm³/mol. The Balaban J connectivity index is 1.82. The zero-order valence-electron chi connectivity index (χ0n) is 12.3. The van der Waals surface area contributed by atoms with E-state index in [4.69, 9.17) is 0 Å². The molecule has 0 saturated heterocycles. The molecular weight excluding hydrogens is 274 g/mol. The van der Waals surface area contributed by atoms with E-state index in [0.29, 0.717) is 0 Å². The number of nitrogens with zero attached hydrogens (tertiary/aromatic N) is 1. The molecule has 2 N–H and O–H groups in total. The lowest BCUT2D eigenvalue weighted by molar-refractivity contribution is -0.118. The van der Waals surface area contributed by atoms with Crippen LogP contribution in [0.3, 0.4) is 0 Å². The molecule has 1 amide bonds. The first-order valence-corrected chi connectivity index (χ1v) is 7.15. The number of amides is 1. The van der Waals surface area contributed by atoms with Crippen LogP contribution >= 0.6 is 0 Å². The maximum atomic E-state index is 12.5. The molecule has 2 aromatic carbocycles. The minimum atomic E-state index is -0.384. The highest BCUT2D eigenvalue weighted by Crippen LogP contribution is 2.20. The van der Waals surface area contributed by atoms with E-state index in [-0.39, 0.29) is 11.9 Å². The summed E-state index contributed by atoms with van der Waals surface area (Å²) in [5.74, 6) is -0.0862. The summed E-state index contributed by atoms with van der Waals surface area (Å²) in [6, 6.07) is 17.0. The molecule has 0 aliphatic heterocycles. The number of hydrogen-bond donors (Lipinski definition) is 2. The van der Waals surface area contributed by atoms with Crippen LogP contribution in [0.2, 0.25) is 0 Å². The van der Waals surface area contributed by atoms with E-state index in [1.165, 1.54) is 0 Å². The molecule has 3 aromatic rings. The smallest absolute Gasteiger partial charge is 0.246 e. The molecule has 4 nitrogen and oxygen atoms in total. The van der Waals surface area contributed by atoms with Gasteiger partial charge in [-0.1, -0.05) is 36.4 Å². The second-order valence-corrected chi connectivity index (χ2v) is 5.06. The van der Waals surface area contributed by atoms with Crippen LogP contribution in [0.15, 0.2) is 67.0 Å². The molecule has 0 aliphatic rings. The highest BCUT2D eigenvalue weighted by atomic mass is 16.2. The van der Waals surface area contributed by atoms with Crippen molar-refractivity contribution in [3.05, 3.63) is 72.6 Å². The molecule has 0 spiro atoms. The zero-order chi connectivity index (χ0) is 15.4. The first kappa shape index (κ1) is 14.2. The Morgan fingerprint density at radius 1 is 1.05 bits per heavy atom. The van der Waals surface area contributed by atoms with E-state index in [9.17, 15) is 4.79 Å². The van der Waals surface area contributed by atoms with Crippen LogP contribution in [-0.2, 0) is 4.79 Å². The van der Waals surface area contributed by atoms with E-state index < -0.39 is 0 Å². The molecule has 0 saturated carbocycles. The van der Waals surface area contributed by atoms with Gasteiger partial charge in [0.25, 0.3) is 0 Å². The first-order chi connectivity index (χ1) is 10.8. The number of pyridine rings is 1. The minimum Gasteiger partial charge on any atom is -0.324 e. The van der Waals surface area contributed by atoms with Crippen LogP contribution in [0.5, 0.6) is 0 Å². The van der Waals surface area contributed by atoms with Gasteiger partial charge < -0.3 is 10.6 Å². The van der Waals surface area contributed by atoms with Gasteiger partial charge in [-0.25, -0.2) is 0 Å². The van der Waals surface area contributed by atoms with Gasteiger partial charge in [0.05, 0.1) is 0 Å². The van der Waals surface area contributed by atoms with Gasteiger partial charge in [0.2, 0.25) is 5.91 Å². The van der Waals surface area contributed by atoms with Crippen molar-refractivity contribution >= 4 is 22.4 Å². The van der Waals surface area contributed by atoms with Crippen molar-refractivity contribution in [3.63, 3.8) is 0 Å². The molecule has 0 bridgehead atoms. The SMILES string of the molecule is CN[C@@H](C(=O)Nc1ccc2ccncc2c1)c1ccccc1. The molecule has 22 heavy (non-hydrogen) atoms. The highest BCUT2D eigenvalue weighted by Gasteiger charge is 2.18. The fraction of sp³-hybridized carbons (Fsp3) is 0.111. The molecule has 0 unspecified atom stereocenters. The number of fused-ring (bicyclic) bond motifs is 1. The summed E-state index contributed by atoms with van der Waals surface area (Å²) in [6.45, 7) is 0. The molecule has 0 aliphatic carbocycles. The van der Waals surface area contributed by atoms with Crippen LogP contribution in [0.4, 0.5) is 5.69 Å². The number of anilines is 1. The number of carbonyl (C=O) groups is 1. The minimum absolute atomic E-state index is 0.0862. The van der Waals surface area contributed by atoms with Crippen molar-refractivity contribution in [2.45, 2.75) is 6.04 Å². The van der Waals surface area contributed by atoms with Gasteiger partial charge in [-0.3, -0.25) is 9.78 Å². The van der Waals surface area contributed by atoms with Crippen LogP contribution in [0.25, 0.3) is 10.8 Å². The Labute approximate surface area is 129 Å². The monoisotopic (exact) mass is 291 g/mol.